The normalized spacial score (nSPS) is 10.0. The summed E-state index contributed by atoms with van der Waals surface area (Å²) < 4.78 is 0. The van der Waals surface area contributed by atoms with Crippen LogP contribution in [0.25, 0.3) is 0 Å². The highest BCUT2D eigenvalue weighted by molar-refractivity contribution is 7.97. The SMILES string of the molecule is CSCc1cc(C)ccc1N. The van der Waals surface area contributed by atoms with Crippen molar-refractivity contribution in [2.24, 2.45) is 0 Å². The average Bonchev–Trinajstić information content (AvgIpc) is 1.98. The van der Waals surface area contributed by atoms with E-state index in [-0.39, 0.29) is 0 Å². The van der Waals surface area contributed by atoms with Gasteiger partial charge in [0.2, 0.25) is 0 Å². The third-order valence-corrected chi connectivity index (χ3v) is 2.20. The lowest BCUT2D eigenvalue weighted by Crippen LogP contribution is -1.92. The molecule has 0 aliphatic heterocycles. The summed E-state index contributed by atoms with van der Waals surface area (Å²) in [6, 6.07) is 6.16. The van der Waals surface area contributed by atoms with E-state index in [1.165, 1.54) is 11.1 Å². The lowest BCUT2D eigenvalue weighted by molar-refractivity contribution is 1.36. The van der Waals surface area contributed by atoms with Crippen molar-refractivity contribution in [2.75, 3.05) is 12.0 Å². The van der Waals surface area contributed by atoms with Crippen LogP contribution in [0.5, 0.6) is 0 Å². The molecule has 0 unspecified atom stereocenters. The van der Waals surface area contributed by atoms with Gasteiger partial charge < -0.3 is 5.73 Å². The van der Waals surface area contributed by atoms with Crippen molar-refractivity contribution in [1.82, 2.24) is 0 Å². The van der Waals surface area contributed by atoms with Crippen LogP contribution in [0.1, 0.15) is 11.1 Å². The number of nitrogens with two attached hydrogens (primary N) is 1. The predicted octanol–water partition coefficient (Wildman–Crippen LogP) is 2.44. The van der Waals surface area contributed by atoms with E-state index >= 15 is 0 Å². The van der Waals surface area contributed by atoms with Crippen molar-refractivity contribution in [3.05, 3.63) is 29.3 Å². The summed E-state index contributed by atoms with van der Waals surface area (Å²) in [4.78, 5) is 0. The highest BCUT2D eigenvalue weighted by Gasteiger charge is 1.96. The second-order valence-corrected chi connectivity index (χ2v) is 3.50. The zero-order valence-corrected chi connectivity index (χ0v) is 7.74. The standard InChI is InChI=1S/C9H13NS/c1-7-3-4-9(10)8(5-7)6-11-2/h3-5H,6,10H2,1-2H3. The molecule has 0 aliphatic carbocycles. The van der Waals surface area contributed by atoms with E-state index in [2.05, 4.69) is 19.2 Å². The quantitative estimate of drug-likeness (QED) is 0.685. The molecule has 0 spiro atoms. The highest BCUT2D eigenvalue weighted by Crippen LogP contribution is 2.18. The molecule has 1 aromatic rings. The number of hydrogen-bond donors (Lipinski definition) is 1. The Balaban J connectivity index is 2.93. The van der Waals surface area contributed by atoms with Crippen LogP contribution in [0.4, 0.5) is 5.69 Å². The summed E-state index contributed by atoms with van der Waals surface area (Å²) in [5, 5.41) is 0. The van der Waals surface area contributed by atoms with Gasteiger partial charge in [-0.3, -0.25) is 0 Å². The van der Waals surface area contributed by atoms with Gasteiger partial charge in [0.25, 0.3) is 0 Å². The molecular weight excluding hydrogens is 154 g/mol. The van der Waals surface area contributed by atoms with Gasteiger partial charge in [-0.2, -0.15) is 11.8 Å². The number of rotatable bonds is 2. The van der Waals surface area contributed by atoms with Gasteiger partial charge in [0.05, 0.1) is 0 Å². The first-order valence-electron chi connectivity index (χ1n) is 3.58. The molecular formula is C9H13NS. The molecule has 0 amide bonds. The number of hydrogen-bond acceptors (Lipinski definition) is 2. The predicted molar refractivity (Wildman–Crippen MR) is 52.8 cm³/mol. The van der Waals surface area contributed by atoms with Crippen molar-refractivity contribution >= 4 is 17.4 Å². The van der Waals surface area contributed by atoms with Gasteiger partial charge in [0.15, 0.2) is 0 Å². The van der Waals surface area contributed by atoms with Crippen LogP contribution in [0, 0.1) is 6.92 Å². The third kappa shape index (κ3) is 2.15. The second-order valence-electron chi connectivity index (χ2n) is 2.64. The van der Waals surface area contributed by atoms with Gasteiger partial charge in [-0.15, -0.1) is 0 Å². The van der Waals surface area contributed by atoms with Gasteiger partial charge in [-0.1, -0.05) is 17.7 Å². The summed E-state index contributed by atoms with van der Waals surface area (Å²) in [6.07, 6.45) is 2.09. The molecule has 0 heterocycles. The number of aryl methyl sites for hydroxylation is 1. The Bertz CT molecular complexity index is 245. The number of anilines is 1. The topological polar surface area (TPSA) is 26.0 Å². The maximum absolute atomic E-state index is 5.76. The summed E-state index contributed by atoms with van der Waals surface area (Å²) in [5.74, 6) is 1.01. The average molecular weight is 167 g/mol. The number of benzene rings is 1. The van der Waals surface area contributed by atoms with E-state index < -0.39 is 0 Å². The Morgan fingerprint density at radius 1 is 1.45 bits per heavy atom. The molecule has 1 rings (SSSR count). The van der Waals surface area contributed by atoms with E-state index in [1.807, 2.05) is 12.1 Å². The minimum absolute atomic E-state index is 0.907. The molecule has 0 aromatic heterocycles. The zero-order chi connectivity index (χ0) is 8.27. The Morgan fingerprint density at radius 2 is 2.18 bits per heavy atom. The van der Waals surface area contributed by atoms with E-state index in [9.17, 15) is 0 Å². The Kier molecular flexibility index (Phi) is 2.83. The molecule has 0 aliphatic rings. The maximum atomic E-state index is 5.76. The molecule has 1 aromatic carbocycles. The van der Waals surface area contributed by atoms with Gasteiger partial charge in [-0.05, 0) is 24.8 Å². The fourth-order valence-electron chi connectivity index (χ4n) is 1.02. The molecule has 2 heteroatoms. The second kappa shape index (κ2) is 3.67. The monoisotopic (exact) mass is 167 g/mol. The first kappa shape index (κ1) is 8.47. The van der Waals surface area contributed by atoms with Crippen LogP contribution in [-0.2, 0) is 5.75 Å². The van der Waals surface area contributed by atoms with Gasteiger partial charge in [-0.25, -0.2) is 0 Å². The summed E-state index contributed by atoms with van der Waals surface area (Å²) >= 11 is 1.80. The van der Waals surface area contributed by atoms with E-state index in [1.54, 1.807) is 11.8 Å². The minimum Gasteiger partial charge on any atom is -0.398 e. The molecule has 0 radical (unpaired) electrons. The van der Waals surface area contributed by atoms with Crippen molar-refractivity contribution in [3.63, 3.8) is 0 Å². The van der Waals surface area contributed by atoms with Crippen LogP contribution in [0.3, 0.4) is 0 Å². The largest absolute Gasteiger partial charge is 0.398 e. The summed E-state index contributed by atoms with van der Waals surface area (Å²) in [7, 11) is 0. The van der Waals surface area contributed by atoms with E-state index in [0.717, 1.165) is 11.4 Å². The zero-order valence-electron chi connectivity index (χ0n) is 6.92. The van der Waals surface area contributed by atoms with Crippen molar-refractivity contribution in [2.45, 2.75) is 12.7 Å². The molecule has 0 atom stereocenters. The third-order valence-electron chi connectivity index (χ3n) is 1.60. The Labute approximate surface area is 72.0 Å². The van der Waals surface area contributed by atoms with Crippen LogP contribution in [-0.4, -0.2) is 6.26 Å². The first-order chi connectivity index (χ1) is 5.24. The molecule has 1 nitrogen and oxygen atoms in total. The van der Waals surface area contributed by atoms with Crippen LogP contribution < -0.4 is 5.73 Å². The smallest absolute Gasteiger partial charge is 0.0355 e. The Morgan fingerprint density at radius 3 is 2.82 bits per heavy atom. The van der Waals surface area contributed by atoms with Crippen molar-refractivity contribution in [1.29, 1.82) is 0 Å². The lowest BCUT2D eigenvalue weighted by Gasteiger charge is -2.03. The first-order valence-corrected chi connectivity index (χ1v) is 4.97. The van der Waals surface area contributed by atoms with Gasteiger partial charge in [0.1, 0.15) is 0 Å². The highest BCUT2D eigenvalue weighted by atomic mass is 32.2. The van der Waals surface area contributed by atoms with Crippen molar-refractivity contribution in [3.8, 4) is 0 Å². The van der Waals surface area contributed by atoms with Crippen LogP contribution >= 0.6 is 11.8 Å². The molecule has 0 fully saturated rings. The Hall–Kier alpha value is -0.630. The summed E-state index contributed by atoms with van der Waals surface area (Å²) in [6.45, 7) is 2.09. The number of nitrogen functional groups attached to an aromatic ring is 1. The molecule has 0 saturated carbocycles. The van der Waals surface area contributed by atoms with Gasteiger partial charge in [0, 0.05) is 11.4 Å². The van der Waals surface area contributed by atoms with E-state index in [0.29, 0.717) is 0 Å². The van der Waals surface area contributed by atoms with E-state index in [4.69, 9.17) is 5.73 Å². The minimum atomic E-state index is 0.907. The molecule has 2 N–H and O–H groups in total. The molecule has 11 heavy (non-hydrogen) atoms. The van der Waals surface area contributed by atoms with Crippen LogP contribution in [0.15, 0.2) is 18.2 Å². The summed E-state index contributed by atoms with van der Waals surface area (Å²) in [5.41, 5.74) is 9.20. The number of thioether (sulfide) groups is 1. The maximum Gasteiger partial charge on any atom is 0.0355 e. The molecule has 0 bridgehead atoms. The van der Waals surface area contributed by atoms with Gasteiger partial charge >= 0.3 is 0 Å². The molecule has 0 saturated heterocycles. The molecule has 60 valence electrons. The van der Waals surface area contributed by atoms with Crippen LogP contribution in [0.2, 0.25) is 0 Å². The fourth-order valence-corrected chi connectivity index (χ4v) is 1.58. The lowest BCUT2D eigenvalue weighted by atomic mass is 10.1. The van der Waals surface area contributed by atoms with Crippen molar-refractivity contribution < 1.29 is 0 Å². The fraction of sp³-hybridized carbons (Fsp3) is 0.333.